The predicted octanol–water partition coefficient (Wildman–Crippen LogP) is 4.59. The van der Waals surface area contributed by atoms with E-state index >= 15 is 0 Å². The van der Waals surface area contributed by atoms with Crippen molar-refractivity contribution in [2.24, 2.45) is 0 Å². The summed E-state index contributed by atoms with van der Waals surface area (Å²) >= 11 is 0. The van der Waals surface area contributed by atoms with Gasteiger partial charge in [0.25, 0.3) is 0 Å². The molecule has 2 heterocycles. The van der Waals surface area contributed by atoms with Gasteiger partial charge >= 0.3 is 5.97 Å². The summed E-state index contributed by atoms with van der Waals surface area (Å²) in [6, 6.07) is 10.2. The van der Waals surface area contributed by atoms with E-state index in [-0.39, 0.29) is 12.3 Å². The van der Waals surface area contributed by atoms with Crippen LogP contribution in [0.4, 0.5) is 17.2 Å². The van der Waals surface area contributed by atoms with Gasteiger partial charge < -0.3 is 24.8 Å². The highest BCUT2D eigenvalue weighted by Gasteiger charge is 2.24. The van der Waals surface area contributed by atoms with Crippen LogP contribution >= 0.6 is 0 Å². The summed E-state index contributed by atoms with van der Waals surface area (Å²) in [5.74, 6) is 0.259. The summed E-state index contributed by atoms with van der Waals surface area (Å²) in [7, 11) is 0. The second kappa shape index (κ2) is 11.7. The van der Waals surface area contributed by atoms with Crippen molar-refractivity contribution in [3.63, 3.8) is 0 Å². The minimum atomic E-state index is -0.787. The molecular weight excluding hydrogens is 408 g/mol. The van der Waals surface area contributed by atoms with Crippen LogP contribution in [0.25, 0.3) is 0 Å². The van der Waals surface area contributed by atoms with E-state index in [0.717, 1.165) is 56.0 Å². The van der Waals surface area contributed by atoms with Gasteiger partial charge in [-0.15, -0.1) is 10.2 Å². The molecule has 8 heteroatoms. The standard InChI is InChI=1S/C24H34N4O4/c1-4-17(16-24(29)30)18-7-8-21(28(5-2)19-11-13-31-14-12-19)20(15-18)25-22-9-10-23(27-26-22)32-6-3/h7-10,15,17,19H,4-6,11-14,16H2,1-3H3,(H,25,26)(H,29,30)/t17-/m0/s1. The minimum Gasteiger partial charge on any atom is -0.481 e. The Kier molecular flexibility index (Phi) is 8.67. The number of aromatic nitrogens is 2. The Bertz CT molecular complexity index is 869. The molecule has 0 spiro atoms. The highest BCUT2D eigenvalue weighted by Crippen LogP contribution is 2.36. The minimum absolute atomic E-state index is 0.0494. The van der Waals surface area contributed by atoms with E-state index in [1.165, 1.54) is 0 Å². The molecule has 0 aliphatic carbocycles. The zero-order valence-electron chi connectivity index (χ0n) is 19.2. The van der Waals surface area contributed by atoms with Gasteiger partial charge in [0, 0.05) is 31.9 Å². The smallest absolute Gasteiger partial charge is 0.303 e. The van der Waals surface area contributed by atoms with E-state index in [0.29, 0.717) is 24.3 Å². The molecule has 0 bridgehead atoms. The van der Waals surface area contributed by atoms with Crippen LogP contribution in [-0.4, -0.2) is 53.7 Å². The maximum absolute atomic E-state index is 11.4. The lowest BCUT2D eigenvalue weighted by molar-refractivity contribution is -0.137. The fourth-order valence-electron chi connectivity index (χ4n) is 4.24. The zero-order valence-corrected chi connectivity index (χ0v) is 19.2. The number of nitrogens with zero attached hydrogens (tertiary/aromatic N) is 3. The van der Waals surface area contributed by atoms with Crippen molar-refractivity contribution in [2.45, 2.75) is 58.4 Å². The maximum Gasteiger partial charge on any atom is 0.303 e. The van der Waals surface area contributed by atoms with Crippen LogP contribution in [0.15, 0.2) is 30.3 Å². The van der Waals surface area contributed by atoms with Gasteiger partial charge in [0.2, 0.25) is 5.88 Å². The van der Waals surface area contributed by atoms with Crippen LogP contribution in [0.1, 0.15) is 57.9 Å². The summed E-state index contributed by atoms with van der Waals surface area (Å²) in [4.78, 5) is 13.8. The third-order valence-electron chi connectivity index (χ3n) is 5.88. The number of aliphatic carboxylic acids is 1. The highest BCUT2D eigenvalue weighted by molar-refractivity contribution is 5.76. The molecule has 0 unspecified atom stereocenters. The highest BCUT2D eigenvalue weighted by atomic mass is 16.5. The lowest BCUT2D eigenvalue weighted by atomic mass is 9.92. The van der Waals surface area contributed by atoms with Crippen molar-refractivity contribution in [1.29, 1.82) is 0 Å². The van der Waals surface area contributed by atoms with Gasteiger partial charge in [-0.2, -0.15) is 0 Å². The van der Waals surface area contributed by atoms with Crippen LogP contribution in [0.3, 0.4) is 0 Å². The van der Waals surface area contributed by atoms with E-state index in [9.17, 15) is 9.90 Å². The van der Waals surface area contributed by atoms with E-state index in [1.807, 2.05) is 19.9 Å². The van der Waals surface area contributed by atoms with Gasteiger partial charge in [-0.05, 0) is 62.8 Å². The number of anilines is 3. The molecule has 32 heavy (non-hydrogen) atoms. The number of nitrogens with one attached hydrogen (secondary N) is 1. The van der Waals surface area contributed by atoms with Crippen molar-refractivity contribution in [3.8, 4) is 5.88 Å². The maximum atomic E-state index is 11.4. The third-order valence-corrected chi connectivity index (χ3v) is 5.88. The lowest BCUT2D eigenvalue weighted by Crippen LogP contribution is -2.39. The van der Waals surface area contributed by atoms with Crippen LogP contribution in [0.5, 0.6) is 5.88 Å². The summed E-state index contributed by atoms with van der Waals surface area (Å²) in [6.07, 6.45) is 2.82. The molecule has 0 saturated carbocycles. The number of carboxylic acids is 1. The van der Waals surface area contributed by atoms with Gasteiger partial charge in [-0.1, -0.05) is 13.0 Å². The van der Waals surface area contributed by atoms with E-state index in [4.69, 9.17) is 9.47 Å². The predicted molar refractivity (Wildman–Crippen MR) is 125 cm³/mol. The fraction of sp³-hybridized carbons (Fsp3) is 0.542. The Labute approximate surface area is 189 Å². The van der Waals surface area contributed by atoms with Gasteiger partial charge in [-0.25, -0.2) is 0 Å². The molecule has 1 aromatic heterocycles. The van der Waals surface area contributed by atoms with Crippen molar-refractivity contribution in [2.75, 3.05) is 36.6 Å². The molecule has 8 nitrogen and oxygen atoms in total. The van der Waals surface area contributed by atoms with Crippen LogP contribution in [-0.2, 0) is 9.53 Å². The monoisotopic (exact) mass is 442 g/mol. The van der Waals surface area contributed by atoms with Crippen molar-refractivity contribution >= 4 is 23.2 Å². The molecule has 1 saturated heterocycles. The van der Waals surface area contributed by atoms with Crippen LogP contribution < -0.4 is 15.0 Å². The Morgan fingerprint density at radius 3 is 2.59 bits per heavy atom. The third kappa shape index (κ3) is 6.09. The van der Waals surface area contributed by atoms with Gasteiger partial charge in [0.15, 0.2) is 5.82 Å². The normalized spacial score (nSPS) is 15.2. The Morgan fingerprint density at radius 1 is 1.22 bits per heavy atom. The summed E-state index contributed by atoms with van der Waals surface area (Å²) in [6.45, 7) is 9.01. The Morgan fingerprint density at radius 2 is 2.00 bits per heavy atom. The molecule has 1 aliphatic heterocycles. The molecule has 3 rings (SSSR count). The van der Waals surface area contributed by atoms with Crippen LogP contribution in [0.2, 0.25) is 0 Å². The summed E-state index contributed by atoms with van der Waals surface area (Å²) < 4.78 is 11.0. The number of benzene rings is 1. The summed E-state index contributed by atoms with van der Waals surface area (Å²) in [5.41, 5.74) is 2.98. The Balaban J connectivity index is 1.96. The zero-order chi connectivity index (χ0) is 22.9. The first-order valence-electron chi connectivity index (χ1n) is 11.5. The first-order valence-corrected chi connectivity index (χ1v) is 11.5. The molecule has 2 N–H and O–H groups in total. The molecule has 1 fully saturated rings. The first-order chi connectivity index (χ1) is 15.5. The lowest BCUT2D eigenvalue weighted by Gasteiger charge is -2.36. The van der Waals surface area contributed by atoms with E-state index in [2.05, 4.69) is 45.5 Å². The number of hydrogen-bond donors (Lipinski definition) is 2. The molecule has 0 radical (unpaired) electrons. The van der Waals surface area contributed by atoms with E-state index < -0.39 is 5.97 Å². The van der Waals surface area contributed by atoms with Gasteiger partial charge in [0.1, 0.15) is 0 Å². The van der Waals surface area contributed by atoms with Crippen molar-refractivity contribution in [3.05, 3.63) is 35.9 Å². The molecule has 1 atom stereocenters. The average Bonchev–Trinajstić information content (AvgIpc) is 2.81. The molecule has 2 aromatic rings. The average molecular weight is 443 g/mol. The van der Waals surface area contributed by atoms with Gasteiger partial charge in [-0.3, -0.25) is 4.79 Å². The van der Waals surface area contributed by atoms with E-state index in [1.54, 1.807) is 6.07 Å². The topological polar surface area (TPSA) is 96.8 Å². The number of ether oxygens (including phenoxy) is 2. The molecular formula is C24H34N4O4. The van der Waals surface area contributed by atoms with Crippen LogP contribution in [0, 0.1) is 0 Å². The largest absolute Gasteiger partial charge is 0.481 e. The summed E-state index contributed by atoms with van der Waals surface area (Å²) in [5, 5.41) is 21.1. The molecule has 1 aromatic carbocycles. The number of hydrogen-bond acceptors (Lipinski definition) is 7. The SMILES string of the molecule is CCOc1ccc(Nc2cc([C@@H](CC)CC(=O)O)ccc2N(CC)C2CCOCC2)nn1. The van der Waals surface area contributed by atoms with Crippen molar-refractivity contribution in [1.82, 2.24) is 10.2 Å². The quantitative estimate of drug-likeness (QED) is 0.521. The second-order valence-electron chi connectivity index (χ2n) is 7.92. The van der Waals surface area contributed by atoms with Crippen molar-refractivity contribution < 1.29 is 19.4 Å². The molecule has 174 valence electrons. The Hall–Kier alpha value is -2.87. The molecule has 0 amide bonds. The number of rotatable bonds is 11. The number of carbonyl (C=O) groups is 1. The molecule has 1 aliphatic rings. The first kappa shape index (κ1) is 23.8. The number of carboxylic acid groups (broad SMARTS) is 1. The van der Waals surface area contributed by atoms with Gasteiger partial charge in [0.05, 0.1) is 24.4 Å². The fourth-order valence-corrected chi connectivity index (χ4v) is 4.24. The second-order valence-corrected chi connectivity index (χ2v) is 7.92.